The van der Waals surface area contributed by atoms with Gasteiger partial charge in [-0.15, -0.1) is 0 Å². The zero-order chi connectivity index (χ0) is 22.2. The SMILES string of the molecule is Cc1cc(OCC(=O)Nc2ccc(NC(=O)NCc3ccco3)cc2)ccc1C(C)C. The predicted octanol–water partition coefficient (Wildman–Crippen LogP) is 5.05. The van der Waals surface area contributed by atoms with Gasteiger partial charge in [0.25, 0.3) is 5.91 Å². The van der Waals surface area contributed by atoms with E-state index in [4.69, 9.17) is 9.15 Å². The highest BCUT2D eigenvalue weighted by Gasteiger charge is 2.08. The van der Waals surface area contributed by atoms with Crippen LogP contribution in [0, 0.1) is 6.92 Å². The van der Waals surface area contributed by atoms with Crippen LogP contribution in [0.1, 0.15) is 36.7 Å². The fourth-order valence-electron chi connectivity index (χ4n) is 3.12. The summed E-state index contributed by atoms with van der Waals surface area (Å²) in [6.45, 7) is 6.53. The van der Waals surface area contributed by atoms with Gasteiger partial charge in [0.2, 0.25) is 0 Å². The van der Waals surface area contributed by atoms with Crippen LogP contribution < -0.4 is 20.7 Å². The van der Waals surface area contributed by atoms with Crippen LogP contribution in [-0.2, 0) is 11.3 Å². The molecule has 7 nitrogen and oxygen atoms in total. The first-order valence-corrected chi connectivity index (χ1v) is 10.1. The molecule has 3 aromatic rings. The van der Waals surface area contributed by atoms with Gasteiger partial charge in [0.1, 0.15) is 11.5 Å². The minimum atomic E-state index is -0.347. The van der Waals surface area contributed by atoms with Gasteiger partial charge < -0.3 is 25.1 Å². The van der Waals surface area contributed by atoms with Crippen molar-refractivity contribution in [1.29, 1.82) is 0 Å². The molecule has 0 aliphatic rings. The van der Waals surface area contributed by atoms with E-state index in [1.54, 1.807) is 42.7 Å². The first kappa shape index (κ1) is 22.0. The molecule has 1 aromatic heterocycles. The zero-order valence-corrected chi connectivity index (χ0v) is 17.9. The summed E-state index contributed by atoms with van der Waals surface area (Å²) in [5.41, 5.74) is 3.62. The van der Waals surface area contributed by atoms with Crippen LogP contribution >= 0.6 is 0 Å². The molecule has 0 unspecified atom stereocenters. The molecule has 0 saturated heterocycles. The molecule has 1 heterocycles. The summed E-state index contributed by atoms with van der Waals surface area (Å²) < 4.78 is 10.8. The van der Waals surface area contributed by atoms with E-state index in [-0.39, 0.29) is 18.5 Å². The van der Waals surface area contributed by atoms with E-state index >= 15 is 0 Å². The van der Waals surface area contributed by atoms with E-state index in [2.05, 4.69) is 29.8 Å². The lowest BCUT2D eigenvalue weighted by molar-refractivity contribution is -0.118. The van der Waals surface area contributed by atoms with Crippen LogP contribution in [0.2, 0.25) is 0 Å². The number of ether oxygens (including phenoxy) is 1. The highest BCUT2D eigenvalue weighted by atomic mass is 16.5. The fraction of sp³-hybridized carbons (Fsp3) is 0.250. The quantitative estimate of drug-likeness (QED) is 0.474. The molecular weight excluding hydrogens is 394 g/mol. The first-order valence-electron chi connectivity index (χ1n) is 10.1. The van der Waals surface area contributed by atoms with E-state index in [9.17, 15) is 9.59 Å². The van der Waals surface area contributed by atoms with Crippen molar-refractivity contribution in [3.63, 3.8) is 0 Å². The third-order valence-corrected chi connectivity index (χ3v) is 4.66. The van der Waals surface area contributed by atoms with E-state index in [1.165, 1.54) is 5.56 Å². The van der Waals surface area contributed by atoms with Crippen molar-refractivity contribution in [2.45, 2.75) is 33.2 Å². The van der Waals surface area contributed by atoms with Gasteiger partial charge in [-0.25, -0.2) is 4.79 Å². The number of urea groups is 1. The van der Waals surface area contributed by atoms with Gasteiger partial charge in [-0.3, -0.25) is 4.79 Å². The van der Waals surface area contributed by atoms with Crippen molar-refractivity contribution >= 4 is 23.3 Å². The van der Waals surface area contributed by atoms with Crippen LogP contribution in [0.15, 0.2) is 65.3 Å². The minimum absolute atomic E-state index is 0.0876. The molecule has 3 N–H and O–H groups in total. The smallest absolute Gasteiger partial charge is 0.319 e. The van der Waals surface area contributed by atoms with Crippen molar-refractivity contribution in [2.75, 3.05) is 17.2 Å². The number of amides is 3. The zero-order valence-electron chi connectivity index (χ0n) is 17.9. The third-order valence-electron chi connectivity index (χ3n) is 4.66. The van der Waals surface area contributed by atoms with Crippen molar-refractivity contribution in [2.24, 2.45) is 0 Å². The monoisotopic (exact) mass is 421 g/mol. The van der Waals surface area contributed by atoms with Gasteiger partial charge in [-0.05, 0) is 72.5 Å². The molecule has 0 fully saturated rings. The molecule has 0 saturated carbocycles. The summed E-state index contributed by atoms with van der Waals surface area (Å²) in [7, 11) is 0. The van der Waals surface area contributed by atoms with Crippen LogP contribution in [0.4, 0.5) is 16.2 Å². The Morgan fingerprint density at radius 2 is 1.71 bits per heavy atom. The number of rotatable bonds is 8. The second-order valence-corrected chi connectivity index (χ2v) is 7.47. The Morgan fingerprint density at radius 1 is 1.00 bits per heavy atom. The molecule has 0 bridgehead atoms. The Balaban J connectivity index is 1.44. The van der Waals surface area contributed by atoms with Crippen LogP contribution in [0.3, 0.4) is 0 Å². The third kappa shape index (κ3) is 6.64. The maximum absolute atomic E-state index is 12.2. The highest BCUT2D eigenvalue weighted by molar-refractivity contribution is 5.93. The Morgan fingerprint density at radius 3 is 2.32 bits per heavy atom. The number of benzene rings is 2. The van der Waals surface area contributed by atoms with Gasteiger partial charge >= 0.3 is 6.03 Å². The molecular formula is C24H27N3O4. The van der Waals surface area contributed by atoms with Crippen LogP contribution in [0.25, 0.3) is 0 Å². The molecule has 0 radical (unpaired) electrons. The first-order chi connectivity index (χ1) is 14.9. The Hall–Kier alpha value is -3.74. The van der Waals surface area contributed by atoms with E-state index in [0.717, 1.165) is 5.56 Å². The maximum atomic E-state index is 12.2. The number of hydrogen-bond acceptors (Lipinski definition) is 4. The lowest BCUT2D eigenvalue weighted by atomic mass is 9.98. The second-order valence-electron chi connectivity index (χ2n) is 7.47. The highest BCUT2D eigenvalue weighted by Crippen LogP contribution is 2.23. The minimum Gasteiger partial charge on any atom is -0.484 e. The number of anilines is 2. The van der Waals surface area contributed by atoms with E-state index in [0.29, 0.717) is 35.3 Å². The molecule has 0 aliphatic carbocycles. The average molecular weight is 421 g/mol. The Kier molecular flexibility index (Phi) is 7.32. The molecule has 0 aliphatic heterocycles. The standard InChI is InChI=1S/C24H27N3O4/c1-16(2)22-11-10-20(13-17(22)3)31-15-23(28)26-18-6-8-19(9-7-18)27-24(29)25-14-21-5-4-12-30-21/h4-13,16H,14-15H2,1-3H3,(H,26,28)(H2,25,27,29). The summed E-state index contributed by atoms with van der Waals surface area (Å²) in [4.78, 5) is 24.1. The predicted molar refractivity (Wildman–Crippen MR) is 120 cm³/mol. The molecule has 2 aromatic carbocycles. The number of furan rings is 1. The summed E-state index contributed by atoms with van der Waals surface area (Å²) >= 11 is 0. The maximum Gasteiger partial charge on any atom is 0.319 e. The molecule has 3 amide bonds. The number of carbonyl (C=O) groups is 2. The van der Waals surface area contributed by atoms with Gasteiger partial charge in [0.05, 0.1) is 12.8 Å². The molecule has 0 spiro atoms. The summed E-state index contributed by atoms with van der Waals surface area (Å²) in [5, 5.41) is 8.19. The summed E-state index contributed by atoms with van der Waals surface area (Å²) in [5.74, 6) is 1.51. The van der Waals surface area contributed by atoms with E-state index in [1.807, 2.05) is 25.1 Å². The Labute approximate surface area is 181 Å². The molecule has 7 heteroatoms. The normalized spacial score (nSPS) is 10.6. The molecule has 0 atom stereocenters. The number of carbonyl (C=O) groups excluding carboxylic acids is 2. The van der Waals surface area contributed by atoms with E-state index < -0.39 is 0 Å². The summed E-state index contributed by atoms with van der Waals surface area (Å²) in [6.07, 6.45) is 1.55. The average Bonchev–Trinajstić information content (AvgIpc) is 3.26. The number of aryl methyl sites for hydroxylation is 1. The van der Waals surface area contributed by atoms with Crippen molar-refractivity contribution in [3.8, 4) is 5.75 Å². The van der Waals surface area contributed by atoms with Crippen LogP contribution in [0.5, 0.6) is 5.75 Å². The fourth-order valence-corrected chi connectivity index (χ4v) is 3.12. The van der Waals surface area contributed by atoms with Crippen LogP contribution in [-0.4, -0.2) is 18.5 Å². The second kappa shape index (κ2) is 10.3. The Bertz CT molecular complexity index is 1010. The van der Waals surface area contributed by atoms with Gasteiger partial charge in [0, 0.05) is 11.4 Å². The topological polar surface area (TPSA) is 92.6 Å². The lowest BCUT2D eigenvalue weighted by Crippen LogP contribution is -2.28. The summed E-state index contributed by atoms with van der Waals surface area (Å²) in [6, 6.07) is 15.9. The van der Waals surface area contributed by atoms with Gasteiger partial charge in [0.15, 0.2) is 6.61 Å². The lowest BCUT2D eigenvalue weighted by Gasteiger charge is -2.12. The molecule has 3 rings (SSSR count). The number of nitrogens with one attached hydrogen (secondary N) is 3. The largest absolute Gasteiger partial charge is 0.484 e. The number of hydrogen-bond donors (Lipinski definition) is 3. The van der Waals surface area contributed by atoms with Crippen molar-refractivity contribution in [1.82, 2.24) is 5.32 Å². The van der Waals surface area contributed by atoms with Crippen molar-refractivity contribution in [3.05, 3.63) is 77.7 Å². The van der Waals surface area contributed by atoms with Crippen molar-refractivity contribution < 1.29 is 18.7 Å². The van der Waals surface area contributed by atoms with Gasteiger partial charge in [-0.2, -0.15) is 0 Å². The van der Waals surface area contributed by atoms with Gasteiger partial charge in [-0.1, -0.05) is 19.9 Å². The molecule has 31 heavy (non-hydrogen) atoms. The molecule has 162 valence electrons.